The first-order valence-electron chi connectivity index (χ1n) is 6.37. The molecule has 20 heavy (non-hydrogen) atoms. The summed E-state index contributed by atoms with van der Waals surface area (Å²) in [7, 11) is 1.87. The molecule has 3 N–H and O–H groups in total. The Balaban J connectivity index is 1.71. The normalized spacial score (nSPS) is 10.2. The Kier molecular flexibility index (Phi) is 4.60. The van der Waals surface area contributed by atoms with Gasteiger partial charge >= 0.3 is 0 Å². The van der Waals surface area contributed by atoms with Crippen LogP contribution in [0, 0.1) is 0 Å². The van der Waals surface area contributed by atoms with Crippen molar-refractivity contribution in [2.45, 2.75) is 6.42 Å². The van der Waals surface area contributed by atoms with Crippen molar-refractivity contribution in [1.29, 1.82) is 0 Å². The first-order valence-corrected chi connectivity index (χ1v) is 6.37. The number of nitrogens with two attached hydrogens (primary N) is 1. The van der Waals surface area contributed by atoms with Crippen molar-refractivity contribution >= 4 is 11.6 Å². The van der Waals surface area contributed by atoms with Gasteiger partial charge in [0.05, 0.1) is 5.69 Å². The summed E-state index contributed by atoms with van der Waals surface area (Å²) in [4.78, 5) is 11.6. The zero-order valence-electron chi connectivity index (χ0n) is 11.4. The summed E-state index contributed by atoms with van der Waals surface area (Å²) in [5.41, 5.74) is 7.31. The van der Waals surface area contributed by atoms with E-state index >= 15 is 0 Å². The molecule has 0 radical (unpaired) electrons. The van der Waals surface area contributed by atoms with Crippen LogP contribution in [0.3, 0.4) is 0 Å². The van der Waals surface area contributed by atoms with Gasteiger partial charge in [0.25, 0.3) is 5.91 Å². The number of ether oxygens (including phenoxy) is 1. The van der Waals surface area contributed by atoms with Crippen LogP contribution in [0.1, 0.15) is 5.69 Å². The molecule has 0 aliphatic heterocycles. The number of nitrogens with one attached hydrogen (secondary N) is 1. The van der Waals surface area contributed by atoms with Gasteiger partial charge in [0.2, 0.25) is 0 Å². The summed E-state index contributed by atoms with van der Waals surface area (Å²) in [6, 6.07) is 9.02. The van der Waals surface area contributed by atoms with Crippen LogP contribution in [0.2, 0.25) is 0 Å². The minimum absolute atomic E-state index is 0.0421. The zero-order valence-corrected chi connectivity index (χ0v) is 11.4. The molecular formula is C14H18N4O2. The number of aryl methyl sites for hydroxylation is 1. The fourth-order valence-electron chi connectivity index (χ4n) is 1.78. The van der Waals surface area contributed by atoms with Crippen LogP contribution in [0.15, 0.2) is 36.5 Å². The van der Waals surface area contributed by atoms with Crippen molar-refractivity contribution < 1.29 is 9.53 Å². The van der Waals surface area contributed by atoms with Gasteiger partial charge in [0.15, 0.2) is 6.61 Å². The average Bonchev–Trinajstić information content (AvgIpc) is 2.84. The Hall–Kier alpha value is -2.50. The summed E-state index contributed by atoms with van der Waals surface area (Å²) in [5, 5.41) is 6.86. The van der Waals surface area contributed by atoms with Gasteiger partial charge in [-0.25, -0.2) is 0 Å². The highest BCUT2D eigenvalue weighted by Crippen LogP contribution is 2.19. The van der Waals surface area contributed by atoms with Crippen molar-refractivity contribution in [3.63, 3.8) is 0 Å². The van der Waals surface area contributed by atoms with E-state index in [1.165, 1.54) is 0 Å². The standard InChI is InChI=1S/C14H18N4O2/c1-18-11(7-9-17-18)6-8-16-14(19)10-20-13-5-3-2-4-12(13)15/h2-5,7,9H,6,8,10,15H2,1H3,(H,16,19). The monoisotopic (exact) mass is 274 g/mol. The maximum absolute atomic E-state index is 11.6. The third kappa shape index (κ3) is 3.74. The van der Waals surface area contributed by atoms with Gasteiger partial charge in [0.1, 0.15) is 5.75 Å². The number of amides is 1. The molecule has 2 rings (SSSR count). The highest BCUT2D eigenvalue weighted by Gasteiger charge is 2.05. The number of hydrogen-bond acceptors (Lipinski definition) is 4. The Bertz CT molecular complexity index is 580. The van der Waals surface area contributed by atoms with Crippen molar-refractivity contribution in [1.82, 2.24) is 15.1 Å². The quantitative estimate of drug-likeness (QED) is 0.761. The number of carbonyl (C=O) groups excluding carboxylic acids is 1. The minimum atomic E-state index is -0.171. The molecular weight excluding hydrogens is 256 g/mol. The molecule has 0 spiro atoms. The van der Waals surface area contributed by atoms with Gasteiger partial charge in [0, 0.05) is 31.9 Å². The molecule has 6 heteroatoms. The molecule has 2 aromatic rings. The maximum atomic E-state index is 11.6. The zero-order chi connectivity index (χ0) is 14.4. The topological polar surface area (TPSA) is 82.2 Å². The van der Waals surface area contributed by atoms with Gasteiger partial charge in [-0.15, -0.1) is 0 Å². The first-order chi connectivity index (χ1) is 9.66. The molecule has 1 aromatic heterocycles. The average molecular weight is 274 g/mol. The van der Waals surface area contributed by atoms with Gasteiger partial charge in [-0.1, -0.05) is 12.1 Å². The predicted molar refractivity (Wildman–Crippen MR) is 76.3 cm³/mol. The van der Waals surface area contributed by atoms with E-state index in [4.69, 9.17) is 10.5 Å². The number of nitrogen functional groups attached to an aromatic ring is 1. The molecule has 0 saturated carbocycles. The molecule has 1 aromatic carbocycles. The van der Waals surface area contributed by atoms with E-state index in [1.807, 2.05) is 25.2 Å². The lowest BCUT2D eigenvalue weighted by Crippen LogP contribution is -2.31. The van der Waals surface area contributed by atoms with Crippen LogP contribution in [0.25, 0.3) is 0 Å². The summed E-state index contributed by atoms with van der Waals surface area (Å²) >= 11 is 0. The SMILES string of the molecule is Cn1nccc1CCNC(=O)COc1ccccc1N. The van der Waals surface area contributed by atoms with E-state index in [9.17, 15) is 4.79 Å². The second kappa shape index (κ2) is 6.60. The van der Waals surface area contributed by atoms with Gasteiger partial charge in [-0.05, 0) is 18.2 Å². The van der Waals surface area contributed by atoms with E-state index in [-0.39, 0.29) is 12.5 Å². The molecule has 6 nitrogen and oxygen atoms in total. The van der Waals surface area contributed by atoms with E-state index in [0.29, 0.717) is 18.0 Å². The van der Waals surface area contributed by atoms with Gasteiger partial charge in [-0.3, -0.25) is 9.48 Å². The molecule has 106 valence electrons. The van der Waals surface area contributed by atoms with Crippen LogP contribution in [0.5, 0.6) is 5.75 Å². The van der Waals surface area contributed by atoms with Crippen LogP contribution >= 0.6 is 0 Å². The first kappa shape index (κ1) is 13.9. The number of para-hydroxylation sites is 2. The molecule has 1 heterocycles. The number of benzene rings is 1. The summed E-state index contributed by atoms with van der Waals surface area (Å²) in [6.07, 6.45) is 2.47. The number of rotatable bonds is 6. The van der Waals surface area contributed by atoms with Gasteiger partial charge in [-0.2, -0.15) is 5.10 Å². The number of anilines is 1. The van der Waals surface area contributed by atoms with Crippen LogP contribution in [-0.2, 0) is 18.3 Å². The Morgan fingerprint density at radius 1 is 1.40 bits per heavy atom. The summed E-state index contributed by atoms with van der Waals surface area (Å²) in [6.45, 7) is 0.506. The molecule has 0 aliphatic carbocycles. The highest BCUT2D eigenvalue weighted by atomic mass is 16.5. The molecule has 0 aliphatic rings. The molecule has 0 saturated heterocycles. The minimum Gasteiger partial charge on any atom is -0.482 e. The fourth-order valence-corrected chi connectivity index (χ4v) is 1.78. The predicted octanol–water partition coefficient (Wildman–Crippen LogP) is 0.740. The molecule has 0 unspecified atom stereocenters. The highest BCUT2D eigenvalue weighted by molar-refractivity contribution is 5.77. The van der Waals surface area contributed by atoms with Crippen LogP contribution in [-0.4, -0.2) is 28.8 Å². The Labute approximate surface area is 117 Å². The summed E-state index contributed by atoms with van der Waals surface area (Å²) < 4.78 is 7.14. The molecule has 1 amide bonds. The van der Waals surface area contributed by atoms with Crippen molar-refractivity contribution in [3.8, 4) is 5.75 Å². The number of carbonyl (C=O) groups is 1. The molecule has 0 fully saturated rings. The molecule has 0 atom stereocenters. The van der Waals surface area contributed by atoms with Crippen LogP contribution < -0.4 is 15.8 Å². The molecule has 0 bridgehead atoms. The second-order valence-corrected chi connectivity index (χ2v) is 4.37. The van der Waals surface area contributed by atoms with Crippen LogP contribution in [0.4, 0.5) is 5.69 Å². The van der Waals surface area contributed by atoms with E-state index in [2.05, 4.69) is 10.4 Å². The number of nitrogens with zero attached hydrogens (tertiary/aromatic N) is 2. The summed E-state index contributed by atoms with van der Waals surface area (Å²) in [5.74, 6) is 0.352. The lowest BCUT2D eigenvalue weighted by atomic mass is 10.3. The van der Waals surface area contributed by atoms with Crippen molar-refractivity contribution in [2.75, 3.05) is 18.9 Å². The lowest BCUT2D eigenvalue weighted by molar-refractivity contribution is -0.123. The van der Waals surface area contributed by atoms with Crippen molar-refractivity contribution in [2.24, 2.45) is 7.05 Å². The maximum Gasteiger partial charge on any atom is 0.257 e. The third-order valence-corrected chi connectivity index (χ3v) is 2.90. The van der Waals surface area contributed by atoms with E-state index in [0.717, 1.165) is 12.1 Å². The van der Waals surface area contributed by atoms with E-state index in [1.54, 1.807) is 23.0 Å². The second-order valence-electron chi connectivity index (χ2n) is 4.37. The van der Waals surface area contributed by atoms with Crippen molar-refractivity contribution in [3.05, 3.63) is 42.2 Å². The Morgan fingerprint density at radius 2 is 2.20 bits per heavy atom. The number of hydrogen-bond donors (Lipinski definition) is 2. The third-order valence-electron chi connectivity index (χ3n) is 2.90. The number of aromatic nitrogens is 2. The van der Waals surface area contributed by atoms with Gasteiger partial charge < -0.3 is 15.8 Å². The Morgan fingerprint density at radius 3 is 2.90 bits per heavy atom. The largest absolute Gasteiger partial charge is 0.482 e. The van der Waals surface area contributed by atoms with E-state index < -0.39 is 0 Å². The lowest BCUT2D eigenvalue weighted by Gasteiger charge is -2.09. The fraction of sp³-hybridized carbons (Fsp3) is 0.286. The smallest absolute Gasteiger partial charge is 0.257 e.